The largest absolute Gasteiger partial charge is 0.377 e. The van der Waals surface area contributed by atoms with E-state index in [9.17, 15) is 4.79 Å². The van der Waals surface area contributed by atoms with Gasteiger partial charge in [-0.15, -0.1) is 0 Å². The number of aryl methyl sites for hydroxylation is 3. The summed E-state index contributed by atoms with van der Waals surface area (Å²) in [6.07, 6.45) is 0.340. The van der Waals surface area contributed by atoms with Crippen LogP contribution < -0.4 is 0 Å². The average molecular weight is 343 g/mol. The maximum absolute atomic E-state index is 12.7. The van der Waals surface area contributed by atoms with Gasteiger partial charge in [-0.2, -0.15) is 5.10 Å². The number of nitrogens with zero attached hydrogens (tertiary/aromatic N) is 5. The molecule has 3 heterocycles. The minimum absolute atomic E-state index is 0.111. The first-order valence-electron chi connectivity index (χ1n) is 8.61. The Kier molecular flexibility index (Phi) is 4.85. The predicted octanol–water partition coefficient (Wildman–Crippen LogP) is 1.69. The van der Waals surface area contributed by atoms with Crippen LogP contribution >= 0.6 is 0 Å². The highest BCUT2D eigenvalue weighted by molar-refractivity contribution is 5.79. The van der Waals surface area contributed by atoms with E-state index in [4.69, 9.17) is 4.74 Å². The Morgan fingerprint density at radius 2 is 1.92 bits per heavy atom. The van der Waals surface area contributed by atoms with Gasteiger partial charge in [0.15, 0.2) is 0 Å². The van der Waals surface area contributed by atoms with Crippen LogP contribution in [0, 0.1) is 27.7 Å². The molecule has 1 amide bonds. The van der Waals surface area contributed by atoms with Gasteiger partial charge in [0, 0.05) is 29.2 Å². The number of rotatable bonds is 3. The van der Waals surface area contributed by atoms with Gasteiger partial charge in [0.2, 0.25) is 5.91 Å². The van der Waals surface area contributed by atoms with Crippen LogP contribution in [0.4, 0.5) is 0 Å². The van der Waals surface area contributed by atoms with E-state index in [1.54, 1.807) is 4.68 Å². The molecule has 1 saturated heterocycles. The zero-order chi connectivity index (χ0) is 18.1. The number of hydrogen-bond acceptors (Lipinski definition) is 5. The molecule has 0 spiro atoms. The topological polar surface area (TPSA) is 73.1 Å². The first-order valence-corrected chi connectivity index (χ1v) is 8.61. The van der Waals surface area contributed by atoms with E-state index in [1.165, 1.54) is 0 Å². The summed E-state index contributed by atoms with van der Waals surface area (Å²) in [6.45, 7) is 11.6. The van der Waals surface area contributed by atoms with Gasteiger partial charge in [0.05, 0.1) is 31.4 Å². The fourth-order valence-electron chi connectivity index (χ4n) is 3.28. The summed E-state index contributed by atoms with van der Waals surface area (Å²) in [4.78, 5) is 23.6. The number of carbonyl (C=O) groups excluding carboxylic acids is 1. The SMILES string of the molecule is Cc1cc(C)nc(-n2nc(C)c(CC(=O)N3CCOC[C@H]3C)c2C)n1. The van der Waals surface area contributed by atoms with Crippen molar-refractivity contribution in [3.63, 3.8) is 0 Å². The minimum atomic E-state index is 0.111. The fourth-order valence-corrected chi connectivity index (χ4v) is 3.28. The first kappa shape index (κ1) is 17.5. The maximum atomic E-state index is 12.7. The molecule has 7 nitrogen and oxygen atoms in total. The van der Waals surface area contributed by atoms with Crippen molar-refractivity contribution in [2.24, 2.45) is 0 Å². The van der Waals surface area contributed by atoms with Crippen molar-refractivity contribution in [3.8, 4) is 5.95 Å². The van der Waals surface area contributed by atoms with Crippen LogP contribution in [0.5, 0.6) is 0 Å². The summed E-state index contributed by atoms with van der Waals surface area (Å²) < 4.78 is 7.15. The Balaban J connectivity index is 1.88. The summed E-state index contributed by atoms with van der Waals surface area (Å²) in [6, 6.07) is 2.04. The quantitative estimate of drug-likeness (QED) is 0.848. The summed E-state index contributed by atoms with van der Waals surface area (Å²) in [5, 5.41) is 4.58. The Morgan fingerprint density at radius 1 is 1.24 bits per heavy atom. The van der Waals surface area contributed by atoms with Gasteiger partial charge in [-0.1, -0.05) is 0 Å². The third-order valence-electron chi connectivity index (χ3n) is 4.62. The van der Waals surface area contributed by atoms with Crippen molar-refractivity contribution >= 4 is 5.91 Å². The molecule has 25 heavy (non-hydrogen) atoms. The van der Waals surface area contributed by atoms with Crippen LogP contribution in [0.15, 0.2) is 6.07 Å². The molecule has 1 fully saturated rings. The maximum Gasteiger partial charge on any atom is 0.251 e. The smallest absolute Gasteiger partial charge is 0.251 e. The van der Waals surface area contributed by atoms with E-state index in [-0.39, 0.29) is 11.9 Å². The predicted molar refractivity (Wildman–Crippen MR) is 93.8 cm³/mol. The number of morpholine rings is 1. The van der Waals surface area contributed by atoms with Crippen molar-refractivity contribution < 1.29 is 9.53 Å². The second kappa shape index (κ2) is 6.92. The third kappa shape index (κ3) is 3.56. The lowest BCUT2D eigenvalue weighted by atomic mass is 10.1. The molecule has 0 saturated carbocycles. The highest BCUT2D eigenvalue weighted by Gasteiger charge is 2.26. The van der Waals surface area contributed by atoms with Crippen LogP contribution in [-0.2, 0) is 16.0 Å². The van der Waals surface area contributed by atoms with Crippen LogP contribution in [0.1, 0.15) is 35.3 Å². The minimum Gasteiger partial charge on any atom is -0.377 e. The van der Waals surface area contributed by atoms with Crippen molar-refractivity contribution in [2.45, 2.75) is 47.1 Å². The molecule has 0 unspecified atom stereocenters. The standard InChI is InChI=1S/C18H25N5O2/c1-11-8-12(2)20-18(19-11)23-15(5)16(14(4)21-23)9-17(24)22-6-7-25-10-13(22)3/h8,13H,6-7,9-10H2,1-5H3/t13-/m1/s1. The van der Waals surface area contributed by atoms with E-state index in [0.717, 1.165) is 28.3 Å². The first-order chi connectivity index (χ1) is 11.9. The van der Waals surface area contributed by atoms with Crippen LogP contribution in [0.25, 0.3) is 5.95 Å². The van der Waals surface area contributed by atoms with Crippen molar-refractivity contribution in [1.29, 1.82) is 0 Å². The van der Waals surface area contributed by atoms with Crippen LogP contribution in [0.3, 0.4) is 0 Å². The molecule has 1 atom stereocenters. The number of hydrogen-bond donors (Lipinski definition) is 0. The summed E-state index contributed by atoms with van der Waals surface area (Å²) >= 11 is 0. The van der Waals surface area contributed by atoms with Gasteiger partial charge in [-0.3, -0.25) is 4.79 Å². The molecule has 0 aromatic carbocycles. The van der Waals surface area contributed by atoms with Crippen molar-refractivity contribution in [1.82, 2.24) is 24.6 Å². The van der Waals surface area contributed by atoms with Gasteiger partial charge >= 0.3 is 0 Å². The zero-order valence-corrected chi connectivity index (χ0v) is 15.5. The highest BCUT2D eigenvalue weighted by atomic mass is 16.5. The zero-order valence-electron chi connectivity index (χ0n) is 15.5. The summed E-state index contributed by atoms with van der Waals surface area (Å²) in [5.41, 5.74) is 4.50. The molecule has 1 aliphatic heterocycles. The van der Waals surface area contributed by atoms with Gasteiger partial charge in [-0.25, -0.2) is 14.6 Å². The molecular weight excluding hydrogens is 318 g/mol. The van der Waals surface area contributed by atoms with Gasteiger partial charge in [0.1, 0.15) is 0 Å². The molecule has 2 aromatic heterocycles. The normalized spacial score (nSPS) is 17.8. The molecule has 7 heteroatoms. The molecule has 0 radical (unpaired) electrons. The third-order valence-corrected chi connectivity index (χ3v) is 4.62. The van der Waals surface area contributed by atoms with Crippen molar-refractivity contribution in [2.75, 3.05) is 19.8 Å². The van der Waals surface area contributed by atoms with Gasteiger partial charge < -0.3 is 9.64 Å². The Hall–Kier alpha value is -2.28. The second-order valence-corrected chi connectivity index (χ2v) is 6.70. The van der Waals surface area contributed by atoms with E-state index in [0.29, 0.717) is 32.1 Å². The molecule has 0 bridgehead atoms. The molecule has 0 aliphatic carbocycles. The van der Waals surface area contributed by atoms with Crippen LogP contribution in [0.2, 0.25) is 0 Å². The summed E-state index contributed by atoms with van der Waals surface area (Å²) in [7, 11) is 0. The Bertz CT molecular complexity index is 779. The van der Waals surface area contributed by atoms with Crippen molar-refractivity contribution in [3.05, 3.63) is 34.4 Å². The monoisotopic (exact) mass is 343 g/mol. The lowest BCUT2D eigenvalue weighted by Crippen LogP contribution is -2.47. The highest BCUT2D eigenvalue weighted by Crippen LogP contribution is 2.19. The Morgan fingerprint density at radius 3 is 2.56 bits per heavy atom. The van der Waals surface area contributed by atoms with E-state index >= 15 is 0 Å². The average Bonchev–Trinajstić information content (AvgIpc) is 2.82. The molecule has 0 N–H and O–H groups in total. The van der Waals surface area contributed by atoms with E-state index in [1.807, 2.05) is 45.6 Å². The number of amides is 1. The second-order valence-electron chi connectivity index (χ2n) is 6.70. The van der Waals surface area contributed by atoms with E-state index in [2.05, 4.69) is 15.1 Å². The van der Waals surface area contributed by atoms with Gasteiger partial charge in [-0.05, 0) is 40.7 Å². The lowest BCUT2D eigenvalue weighted by molar-refractivity contribution is -0.138. The Labute approximate surface area is 148 Å². The number of aromatic nitrogens is 4. The van der Waals surface area contributed by atoms with E-state index < -0.39 is 0 Å². The molecule has 134 valence electrons. The van der Waals surface area contributed by atoms with Crippen LogP contribution in [-0.4, -0.2) is 56.4 Å². The fraction of sp³-hybridized carbons (Fsp3) is 0.556. The summed E-state index contributed by atoms with van der Waals surface area (Å²) in [5.74, 6) is 0.666. The molecule has 1 aliphatic rings. The molecular formula is C18H25N5O2. The number of ether oxygens (including phenoxy) is 1. The molecule has 3 rings (SSSR count). The lowest BCUT2D eigenvalue weighted by Gasteiger charge is -2.33. The molecule has 2 aromatic rings. The van der Waals surface area contributed by atoms with Gasteiger partial charge in [0.25, 0.3) is 5.95 Å². The number of carbonyl (C=O) groups is 1.